The van der Waals surface area contributed by atoms with Crippen LogP contribution in [0.2, 0.25) is 0 Å². The molecule has 0 aromatic rings. The highest BCUT2D eigenvalue weighted by Crippen LogP contribution is 2.17. The molecule has 0 unspecified atom stereocenters. The van der Waals surface area contributed by atoms with E-state index in [1.165, 1.54) is 25.7 Å². The minimum Gasteiger partial charge on any atom is -0.481 e. The molecule has 302 valence electrons. The maximum atomic E-state index is 12.4. The summed E-state index contributed by atoms with van der Waals surface area (Å²) in [6, 6.07) is 0. The van der Waals surface area contributed by atoms with Crippen molar-refractivity contribution in [3.05, 3.63) is 0 Å². The van der Waals surface area contributed by atoms with E-state index in [0.29, 0.717) is 39.1 Å². The molecule has 1 amide bonds. The first-order chi connectivity index (χ1) is 24.8. The Balaban J connectivity index is 3.69. The predicted molar refractivity (Wildman–Crippen MR) is 197 cm³/mol. The number of Topliss-reactive ketones (excluding diaryl/α,β-unsaturated/α-hetero) is 3. The van der Waals surface area contributed by atoms with Gasteiger partial charge in [-0.3, -0.25) is 28.8 Å². The van der Waals surface area contributed by atoms with Crippen molar-refractivity contribution in [3.63, 3.8) is 0 Å². The van der Waals surface area contributed by atoms with Gasteiger partial charge >= 0.3 is 11.9 Å². The van der Waals surface area contributed by atoms with Gasteiger partial charge in [-0.05, 0) is 25.7 Å². The SMILES string of the molecule is CC(C)(C)C(=O)COCCOCCCC(=O)COCCOCCNC(=O)CC[C@H](CC(=O)CCCCCCCCCCCCCCC(=O)O)C(=O)O. The lowest BCUT2D eigenvalue weighted by molar-refractivity contribution is -0.144. The lowest BCUT2D eigenvalue weighted by Crippen LogP contribution is -2.29. The molecule has 3 N–H and O–H groups in total. The molecule has 0 saturated heterocycles. The number of carboxylic acid groups (broad SMARTS) is 2. The quantitative estimate of drug-likeness (QED) is 0.0615. The van der Waals surface area contributed by atoms with Gasteiger partial charge in [-0.25, -0.2) is 0 Å². The minimum atomic E-state index is -1.07. The van der Waals surface area contributed by atoms with Crippen LogP contribution in [-0.2, 0) is 47.7 Å². The third kappa shape index (κ3) is 33.1. The van der Waals surface area contributed by atoms with E-state index < -0.39 is 23.3 Å². The fraction of sp³-hybridized carbons (Fsp3) is 0.846. The summed E-state index contributed by atoms with van der Waals surface area (Å²) in [5, 5.41) is 20.9. The third-order valence-electron chi connectivity index (χ3n) is 8.53. The molecule has 1 atom stereocenters. The summed E-state index contributed by atoms with van der Waals surface area (Å²) < 4.78 is 21.5. The number of rotatable bonds is 38. The summed E-state index contributed by atoms with van der Waals surface area (Å²) in [5.41, 5.74) is -0.423. The normalized spacial score (nSPS) is 12.1. The second-order valence-corrected chi connectivity index (χ2v) is 14.4. The fourth-order valence-electron chi connectivity index (χ4n) is 5.16. The highest BCUT2D eigenvalue weighted by molar-refractivity contribution is 5.85. The molecule has 0 aliphatic heterocycles. The zero-order valence-electron chi connectivity index (χ0n) is 32.4. The van der Waals surface area contributed by atoms with Crippen LogP contribution in [0.25, 0.3) is 0 Å². The van der Waals surface area contributed by atoms with E-state index in [4.69, 9.17) is 24.1 Å². The number of carboxylic acids is 2. The molecule has 0 aliphatic carbocycles. The first-order valence-electron chi connectivity index (χ1n) is 19.4. The molecule has 0 spiro atoms. The number of ketones is 3. The Kier molecular flexibility index (Phi) is 31.1. The Labute approximate surface area is 311 Å². The second-order valence-electron chi connectivity index (χ2n) is 14.4. The first-order valence-corrected chi connectivity index (χ1v) is 19.4. The summed E-state index contributed by atoms with van der Waals surface area (Å²) in [5.74, 6) is -3.05. The fourth-order valence-corrected chi connectivity index (χ4v) is 5.16. The van der Waals surface area contributed by atoms with Gasteiger partial charge in [-0.1, -0.05) is 85.0 Å². The Hall–Kier alpha value is -2.74. The molecule has 0 saturated carbocycles. The number of aliphatic carboxylic acids is 2. The zero-order chi connectivity index (χ0) is 38.9. The molecule has 0 bridgehead atoms. The number of ether oxygens (including phenoxy) is 4. The van der Waals surface area contributed by atoms with Gasteiger partial charge in [-0.2, -0.15) is 0 Å². The molecule has 0 heterocycles. The summed E-state index contributed by atoms with van der Waals surface area (Å²) in [6.07, 6.45) is 14.2. The lowest BCUT2D eigenvalue weighted by atomic mass is 9.91. The van der Waals surface area contributed by atoms with Gasteiger partial charge in [0.2, 0.25) is 5.91 Å². The van der Waals surface area contributed by atoms with Crippen molar-refractivity contribution in [3.8, 4) is 0 Å². The van der Waals surface area contributed by atoms with Crippen LogP contribution in [-0.4, -0.2) is 105 Å². The van der Waals surface area contributed by atoms with Crippen LogP contribution in [0.1, 0.15) is 143 Å². The molecule has 13 nitrogen and oxygen atoms in total. The molecule has 0 fully saturated rings. The van der Waals surface area contributed by atoms with Crippen LogP contribution in [0, 0.1) is 11.3 Å². The van der Waals surface area contributed by atoms with E-state index in [9.17, 15) is 33.9 Å². The Morgan fingerprint density at radius 2 is 1.02 bits per heavy atom. The Morgan fingerprint density at radius 1 is 0.538 bits per heavy atom. The van der Waals surface area contributed by atoms with Crippen LogP contribution in [0.4, 0.5) is 0 Å². The molecule has 0 radical (unpaired) electrons. The van der Waals surface area contributed by atoms with Crippen molar-refractivity contribution < 1.29 is 57.9 Å². The van der Waals surface area contributed by atoms with Gasteiger partial charge in [0.15, 0.2) is 11.6 Å². The molecule has 0 rings (SSSR count). The van der Waals surface area contributed by atoms with Crippen molar-refractivity contribution in [2.45, 2.75) is 143 Å². The lowest BCUT2D eigenvalue weighted by Gasteiger charge is -2.16. The van der Waals surface area contributed by atoms with E-state index in [1.807, 2.05) is 20.8 Å². The van der Waals surface area contributed by atoms with Crippen molar-refractivity contribution >= 4 is 35.2 Å². The van der Waals surface area contributed by atoms with Crippen molar-refractivity contribution in [2.24, 2.45) is 11.3 Å². The topological polar surface area (TPSA) is 192 Å². The summed E-state index contributed by atoms with van der Waals surface area (Å²) in [7, 11) is 0. The van der Waals surface area contributed by atoms with Crippen LogP contribution < -0.4 is 5.32 Å². The van der Waals surface area contributed by atoms with Crippen molar-refractivity contribution in [1.29, 1.82) is 0 Å². The van der Waals surface area contributed by atoms with Crippen LogP contribution in [0.3, 0.4) is 0 Å². The minimum absolute atomic E-state index is 0.0114. The number of hydrogen-bond donors (Lipinski definition) is 3. The zero-order valence-corrected chi connectivity index (χ0v) is 32.4. The maximum Gasteiger partial charge on any atom is 0.306 e. The number of amides is 1. The number of hydrogen-bond acceptors (Lipinski definition) is 10. The molecule has 52 heavy (non-hydrogen) atoms. The van der Waals surface area contributed by atoms with Crippen molar-refractivity contribution in [1.82, 2.24) is 5.32 Å². The maximum absolute atomic E-state index is 12.4. The Morgan fingerprint density at radius 3 is 1.56 bits per heavy atom. The van der Waals surface area contributed by atoms with E-state index in [-0.39, 0.29) is 88.5 Å². The number of carbonyl (C=O) groups is 6. The monoisotopic (exact) mass is 743 g/mol. The third-order valence-corrected chi connectivity index (χ3v) is 8.53. The molecule has 0 aromatic heterocycles. The van der Waals surface area contributed by atoms with Gasteiger partial charge in [0, 0.05) is 50.7 Å². The average Bonchev–Trinajstić information content (AvgIpc) is 3.08. The average molecular weight is 744 g/mol. The second kappa shape index (κ2) is 32.9. The molecular weight excluding hydrogens is 674 g/mol. The van der Waals surface area contributed by atoms with Gasteiger partial charge < -0.3 is 34.5 Å². The molecule has 0 aromatic carbocycles. The van der Waals surface area contributed by atoms with E-state index in [1.54, 1.807) is 0 Å². The number of nitrogens with one attached hydrogen (secondary N) is 1. The van der Waals surface area contributed by atoms with Crippen LogP contribution in [0.15, 0.2) is 0 Å². The number of carbonyl (C=O) groups excluding carboxylic acids is 4. The summed E-state index contributed by atoms with van der Waals surface area (Å²) in [4.78, 5) is 70.4. The van der Waals surface area contributed by atoms with Crippen LogP contribution in [0.5, 0.6) is 0 Å². The van der Waals surface area contributed by atoms with Gasteiger partial charge in [0.25, 0.3) is 0 Å². The smallest absolute Gasteiger partial charge is 0.306 e. The van der Waals surface area contributed by atoms with Gasteiger partial charge in [-0.15, -0.1) is 0 Å². The standard InChI is InChI=1S/C39H69NO12/c1-39(2,3)35(43)31-52-28-25-49-23-16-18-34(42)30-51-27-26-50-24-22-40-36(44)21-20-32(38(47)48)29-33(41)17-14-12-10-8-6-4-5-7-9-11-13-15-19-37(45)46/h32H,4-31H2,1-3H3,(H,40,44)(H,45,46)(H,47,48)/t32-/m1/s1. The van der Waals surface area contributed by atoms with Gasteiger partial charge in [0.05, 0.1) is 39.0 Å². The highest BCUT2D eigenvalue weighted by Gasteiger charge is 2.22. The highest BCUT2D eigenvalue weighted by atomic mass is 16.5. The molecular formula is C39H69NO12. The number of unbranched alkanes of at least 4 members (excludes halogenated alkanes) is 11. The Bertz CT molecular complexity index is 994. The molecule has 13 heteroatoms. The molecule has 0 aliphatic rings. The van der Waals surface area contributed by atoms with E-state index in [0.717, 1.165) is 51.4 Å². The van der Waals surface area contributed by atoms with Crippen LogP contribution >= 0.6 is 0 Å². The van der Waals surface area contributed by atoms with Gasteiger partial charge in [0.1, 0.15) is 19.0 Å². The van der Waals surface area contributed by atoms with Crippen molar-refractivity contribution in [2.75, 3.05) is 59.4 Å². The van der Waals surface area contributed by atoms with E-state index >= 15 is 0 Å². The summed E-state index contributed by atoms with van der Waals surface area (Å²) >= 11 is 0. The first kappa shape index (κ1) is 49.3. The largest absolute Gasteiger partial charge is 0.481 e. The van der Waals surface area contributed by atoms with E-state index in [2.05, 4.69) is 5.32 Å². The summed E-state index contributed by atoms with van der Waals surface area (Å²) in [6.45, 7) is 7.65. The predicted octanol–water partition coefficient (Wildman–Crippen LogP) is 6.12.